The van der Waals surface area contributed by atoms with Gasteiger partial charge in [-0.15, -0.1) is 0 Å². The molecular formula is C25H26N4O2. The van der Waals surface area contributed by atoms with E-state index >= 15 is 0 Å². The van der Waals surface area contributed by atoms with Crippen molar-refractivity contribution in [1.29, 1.82) is 0 Å². The van der Waals surface area contributed by atoms with Crippen molar-refractivity contribution in [3.8, 4) is 0 Å². The van der Waals surface area contributed by atoms with E-state index in [9.17, 15) is 9.59 Å². The summed E-state index contributed by atoms with van der Waals surface area (Å²) in [5.41, 5.74) is 3.30. The van der Waals surface area contributed by atoms with Crippen LogP contribution in [0.1, 0.15) is 52.0 Å². The van der Waals surface area contributed by atoms with Gasteiger partial charge in [0.25, 0.3) is 11.8 Å². The van der Waals surface area contributed by atoms with Gasteiger partial charge in [0.1, 0.15) is 0 Å². The fourth-order valence-electron chi connectivity index (χ4n) is 4.05. The first-order chi connectivity index (χ1) is 15.2. The number of benzene rings is 1. The Balaban J connectivity index is 1.23. The fraction of sp³-hybridized carbons (Fsp3) is 0.280. The molecule has 1 fully saturated rings. The second kappa shape index (κ2) is 9.98. The Labute approximate surface area is 182 Å². The molecule has 0 saturated heterocycles. The summed E-state index contributed by atoms with van der Waals surface area (Å²) in [7, 11) is 0. The smallest absolute Gasteiger partial charge is 0.255 e. The molecule has 3 aromatic rings. The van der Waals surface area contributed by atoms with Crippen LogP contribution in [0.5, 0.6) is 0 Å². The number of hydrogen-bond donors (Lipinski definition) is 2. The highest BCUT2D eigenvalue weighted by Crippen LogP contribution is 2.28. The minimum atomic E-state index is -0.137. The maximum Gasteiger partial charge on any atom is 0.255 e. The molecule has 0 unspecified atom stereocenters. The molecule has 1 aromatic carbocycles. The van der Waals surface area contributed by atoms with Gasteiger partial charge >= 0.3 is 0 Å². The molecule has 1 saturated carbocycles. The summed E-state index contributed by atoms with van der Waals surface area (Å²) in [4.78, 5) is 32.4. The van der Waals surface area contributed by atoms with Crippen molar-refractivity contribution < 1.29 is 9.59 Å². The molecule has 158 valence electrons. The minimum absolute atomic E-state index is 0.0183. The van der Waals surface area contributed by atoms with Crippen LogP contribution in [0.15, 0.2) is 73.3 Å². The molecule has 2 N–H and O–H groups in total. The molecule has 4 rings (SSSR count). The molecule has 0 atom stereocenters. The molecule has 2 aromatic heterocycles. The number of carbonyl (C=O) groups is 2. The lowest BCUT2D eigenvalue weighted by Gasteiger charge is -2.29. The van der Waals surface area contributed by atoms with Crippen LogP contribution in [-0.4, -0.2) is 27.8 Å². The van der Waals surface area contributed by atoms with E-state index in [1.54, 1.807) is 49.1 Å². The van der Waals surface area contributed by atoms with Crippen LogP contribution in [0.25, 0.3) is 0 Å². The molecule has 1 aliphatic rings. The van der Waals surface area contributed by atoms with E-state index in [2.05, 4.69) is 32.7 Å². The third-order valence-corrected chi connectivity index (χ3v) is 5.80. The van der Waals surface area contributed by atoms with Crippen LogP contribution in [0.4, 0.5) is 5.69 Å². The van der Waals surface area contributed by atoms with E-state index in [0.29, 0.717) is 17.0 Å². The van der Waals surface area contributed by atoms with E-state index in [1.807, 2.05) is 12.1 Å². The van der Waals surface area contributed by atoms with E-state index in [-0.39, 0.29) is 17.9 Å². The summed E-state index contributed by atoms with van der Waals surface area (Å²) in [5.74, 6) is 0.462. The Morgan fingerprint density at radius 1 is 0.742 bits per heavy atom. The van der Waals surface area contributed by atoms with Crippen molar-refractivity contribution in [3.05, 3.63) is 90.0 Å². The number of hydrogen-bond acceptors (Lipinski definition) is 4. The highest BCUT2D eigenvalue weighted by Gasteiger charge is 2.23. The topological polar surface area (TPSA) is 84.0 Å². The van der Waals surface area contributed by atoms with Crippen LogP contribution in [0, 0.1) is 5.92 Å². The molecule has 6 heteroatoms. The number of carbonyl (C=O) groups excluding carboxylic acids is 2. The van der Waals surface area contributed by atoms with Gasteiger partial charge in [-0.05, 0) is 80.0 Å². The van der Waals surface area contributed by atoms with Gasteiger partial charge in [0, 0.05) is 47.6 Å². The number of nitrogens with zero attached hydrogens (tertiary/aromatic N) is 2. The Morgan fingerprint density at radius 3 is 1.87 bits per heavy atom. The summed E-state index contributed by atoms with van der Waals surface area (Å²) >= 11 is 0. The first kappa shape index (κ1) is 20.7. The Hall–Kier alpha value is -3.54. The van der Waals surface area contributed by atoms with Gasteiger partial charge in [-0.3, -0.25) is 19.6 Å². The third-order valence-electron chi connectivity index (χ3n) is 5.80. The van der Waals surface area contributed by atoms with Crippen molar-refractivity contribution in [2.45, 2.75) is 38.1 Å². The molecular weight excluding hydrogens is 388 g/mol. The highest BCUT2D eigenvalue weighted by molar-refractivity contribution is 6.04. The number of pyridine rings is 2. The summed E-state index contributed by atoms with van der Waals surface area (Å²) in [6.45, 7) is 0. The van der Waals surface area contributed by atoms with Gasteiger partial charge in [0.15, 0.2) is 0 Å². The molecule has 2 heterocycles. The Kier molecular flexibility index (Phi) is 6.67. The van der Waals surface area contributed by atoms with Gasteiger partial charge in [0.05, 0.1) is 0 Å². The lowest BCUT2D eigenvalue weighted by Crippen LogP contribution is -2.37. The molecule has 0 aliphatic heterocycles. The van der Waals surface area contributed by atoms with Crippen LogP contribution >= 0.6 is 0 Å². The minimum Gasteiger partial charge on any atom is -0.349 e. The van der Waals surface area contributed by atoms with Crippen LogP contribution < -0.4 is 10.6 Å². The Bertz CT molecular complexity index is 999. The van der Waals surface area contributed by atoms with Crippen molar-refractivity contribution in [1.82, 2.24) is 15.3 Å². The van der Waals surface area contributed by atoms with Gasteiger partial charge in [-0.25, -0.2) is 0 Å². The number of anilines is 1. The third kappa shape index (κ3) is 5.75. The summed E-state index contributed by atoms with van der Waals surface area (Å²) in [6, 6.07) is 15.2. The van der Waals surface area contributed by atoms with Gasteiger partial charge in [-0.2, -0.15) is 0 Å². The van der Waals surface area contributed by atoms with E-state index in [0.717, 1.165) is 37.8 Å². The van der Waals surface area contributed by atoms with E-state index in [4.69, 9.17) is 0 Å². The lowest BCUT2D eigenvalue weighted by atomic mass is 9.82. The number of rotatable bonds is 6. The van der Waals surface area contributed by atoms with Crippen molar-refractivity contribution in [3.63, 3.8) is 0 Å². The van der Waals surface area contributed by atoms with Crippen LogP contribution in [0.3, 0.4) is 0 Å². The van der Waals surface area contributed by atoms with E-state index < -0.39 is 0 Å². The van der Waals surface area contributed by atoms with Gasteiger partial charge < -0.3 is 10.6 Å². The van der Waals surface area contributed by atoms with Gasteiger partial charge in [0.2, 0.25) is 0 Å². The largest absolute Gasteiger partial charge is 0.349 e. The average Bonchev–Trinajstić information content (AvgIpc) is 2.82. The predicted octanol–water partition coefficient (Wildman–Crippen LogP) is 4.26. The SMILES string of the molecule is O=C(Nc1ccc(CC2CCC(NC(=O)c3ccncc3)CC2)cc1)c1ccncc1. The zero-order chi connectivity index (χ0) is 21.5. The summed E-state index contributed by atoms with van der Waals surface area (Å²) in [6.07, 6.45) is 11.7. The van der Waals surface area contributed by atoms with Crippen LogP contribution in [0.2, 0.25) is 0 Å². The summed E-state index contributed by atoms with van der Waals surface area (Å²) in [5, 5.41) is 6.06. The lowest BCUT2D eigenvalue weighted by molar-refractivity contribution is 0.0921. The van der Waals surface area contributed by atoms with Gasteiger partial charge in [-0.1, -0.05) is 12.1 Å². The first-order valence-corrected chi connectivity index (χ1v) is 10.7. The fourth-order valence-corrected chi connectivity index (χ4v) is 4.05. The molecule has 0 spiro atoms. The normalized spacial score (nSPS) is 18.2. The quantitative estimate of drug-likeness (QED) is 0.631. The predicted molar refractivity (Wildman–Crippen MR) is 120 cm³/mol. The molecule has 31 heavy (non-hydrogen) atoms. The van der Waals surface area contributed by atoms with Crippen LogP contribution in [-0.2, 0) is 6.42 Å². The standard InChI is InChI=1S/C25H26N4O2/c30-24(20-9-13-26-14-10-20)28-22-5-1-18(2-6-22)17-19-3-7-23(8-4-19)29-25(31)21-11-15-27-16-12-21/h1-2,5-6,9-16,19,23H,3-4,7-8,17H2,(H,28,30)(H,29,31). The highest BCUT2D eigenvalue weighted by atomic mass is 16.2. The van der Waals surface area contributed by atoms with Crippen molar-refractivity contribution >= 4 is 17.5 Å². The van der Waals surface area contributed by atoms with Crippen molar-refractivity contribution in [2.75, 3.05) is 5.32 Å². The summed E-state index contributed by atoms with van der Waals surface area (Å²) < 4.78 is 0. The zero-order valence-corrected chi connectivity index (χ0v) is 17.3. The number of amides is 2. The molecule has 2 amide bonds. The second-order valence-electron chi connectivity index (χ2n) is 8.02. The maximum absolute atomic E-state index is 12.3. The zero-order valence-electron chi connectivity index (χ0n) is 17.3. The monoisotopic (exact) mass is 414 g/mol. The first-order valence-electron chi connectivity index (χ1n) is 10.7. The van der Waals surface area contributed by atoms with E-state index in [1.165, 1.54) is 5.56 Å². The van der Waals surface area contributed by atoms with Crippen molar-refractivity contribution in [2.24, 2.45) is 5.92 Å². The number of nitrogens with one attached hydrogen (secondary N) is 2. The number of aromatic nitrogens is 2. The second-order valence-corrected chi connectivity index (χ2v) is 8.02. The average molecular weight is 415 g/mol. The molecule has 6 nitrogen and oxygen atoms in total. The molecule has 0 bridgehead atoms. The Morgan fingerprint density at radius 2 is 1.29 bits per heavy atom. The molecule has 1 aliphatic carbocycles. The maximum atomic E-state index is 12.3. The molecule has 0 radical (unpaired) electrons.